The van der Waals surface area contributed by atoms with Crippen molar-refractivity contribution in [3.8, 4) is 22.6 Å². The first-order valence-electron chi connectivity index (χ1n) is 22.3. The average molecular weight is 865 g/mol. The maximum atomic E-state index is 13.0. The number of imide groups is 1. The van der Waals surface area contributed by atoms with E-state index in [1.807, 2.05) is 59.7 Å². The second-order valence-electron chi connectivity index (χ2n) is 18.4. The third-order valence-corrected chi connectivity index (χ3v) is 12.8. The Balaban J connectivity index is 0.771. The van der Waals surface area contributed by atoms with Crippen molar-refractivity contribution in [2.24, 2.45) is 5.92 Å². The van der Waals surface area contributed by atoms with Gasteiger partial charge >= 0.3 is 6.03 Å². The van der Waals surface area contributed by atoms with Crippen molar-refractivity contribution in [2.45, 2.75) is 72.3 Å². The third-order valence-electron chi connectivity index (χ3n) is 12.8. The van der Waals surface area contributed by atoms with E-state index in [1.54, 1.807) is 11.2 Å². The Morgan fingerprint density at radius 1 is 0.844 bits per heavy atom. The number of nitrogens with one attached hydrogen (secondary N) is 3. The Hall–Kier alpha value is -6.68. The molecule has 9 rings (SSSR count). The highest BCUT2D eigenvalue weighted by Gasteiger charge is 2.29. The molecule has 1 atom stereocenters. The van der Waals surface area contributed by atoms with Gasteiger partial charge in [0.15, 0.2) is 5.65 Å². The lowest BCUT2D eigenvalue weighted by molar-refractivity contribution is -0.120. The molecule has 0 unspecified atom stereocenters. The quantitative estimate of drug-likeness (QED) is 0.129. The summed E-state index contributed by atoms with van der Waals surface area (Å²) in [6, 6.07) is 20.3. The van der Waals surface area contributed by atoms with Gasteiger partial charge in [-0.05, 0) is 105 Å². The van der Waals surface area contributed by atoms with Gasteiger partial charge in [-0.2, -0.15) is 4.98 Å². The number of nitrogens with zero attached hydrogens (tertiary/aromatic N) is 9. The molecule has 64 heavy (non-hydrogen) atoms. The molecule has 0 radical (unpaired) electrons. The first-order chi connectivity index (χ1) is 30.8. The Morgan fingerprint density at radius 3 is 2.25 bits per heavy atom. The number of imidazole rings is 1. The van der Waals surface area contributed by atoms with E-state index < -0.39 is 5.91 Å². The number of benzene rings is 3. The smallest absolute Gasteiger partial charge is 0.328 e. The van der Waals surface area contributed by atoms with Gasteiger partial charge in [0.25, 0.3) is 11.7 Å². The van der Waals surface area contributed by atoms with Gasteiger partial charge in [0.05, 0.1) is 11.7 Å². The maximum Gasteiger partial charge on any atom is 0.328 e. The number of aromatic amines is 1. The van der Waals surface area contributed by atoms with Gasteiger partial charge in [-0.3, -0.25) is 24.7 Å². The highest BCUT2D eigenvalue weighted by atomic mass is 16.5. The lowest BCUT2D eigenvalue weighted by Crippen LogP contribution is -2.49. The van der Waals surface area contributed by atoms with Gasteiger partial charge in [0, 0.05) is 92.4 Å². The minimum atomic E-state index is -0.391. The molecule has 0 spiro atoms. The van der Waals surface area contributed by atoms with Crippen LogP contribution in [-0.2, 0) is 10.2 Å². The molecule has 3 N–H and O–H groups in total. The molecule has 0 aliphatic carbocycles. The van der Waals surface area contributed by atoms with Crippen molar-refractivity contribution < 1.29 is 18.9 Å². The van der Waals surface area contributed by atoms with E-state index in [-0.39, 0.29) is 29.2 Å². The van der Waals surface area contributed by atoms with Crippen molar-refractivity contribution in [3.05, 3.63) is 95.4 Å². The first kappa shape index (κ1) is 42.6. The zero-order chi connectivity index (χ0) is 44.7. The summed E-state index contributed by atoms with van der Waals surface area (Å²) in [6.07, 6.45) is 4.18. The maximum absolute atomic E-state index is 13.0. The summed E-state index contributed by atoms with van der Waals surface area (Å²) < 4.78 is 5.31. The molecule has 3 aromatic heterocycles. The number of H-pyrrole nitrogens is 1. The second kappa shape index (κ2) is 17.5. The number of carbonyl (C=O) groups excluding carboxylic acids is 3. The van der Waals surface area contributed by atoms with Gasteiger partial charge in [-0.1, -0.05) is 38.1 Å². The van der Waals surface area contributed by atoms with E-state index >= 15 is 0 Å². The fraction of sp³-hybridized carbons (Fsp3) is 0.417. The molecule has 16 nitrogen and oxygen atoms in total. The normalized spacial score (nSPS) is 17.2. The fourth-order valence-electron chi connectivity index (χ4n) is 9.14. The summed E-state index contributed by atoms with van der Waals surface area (Å²) in [5.41, 5.74) is 9.92. The van der Waals surface area contributed by atoms with Crippen LogP contribution in [0.15, 0.2) is 71.5 Å². The summed E-state index contributed by atoms with van der Waals surface area (Å²) in [5.74, 6) is 1.23. The van der Waals surface area contributed by atoms with Crippen molar-refractivity contribution in [3.63, 3.8) is 0 Å². The van der Waals surface area contributed by atoms with Crippen LogP contribution in [0.2, 0.25) is 0 Å². The Kier molecular flexibility index (Phi) is 11.6. The van der Waals surface area contributed by atoms with E-state index in [2.05, 4.69) is 92.9 Å². The Bertz CT molecular complexity index is 2690. The molecule has 16 heteroatoms. The SMILES string of the molecule is Cc1cc(-c2ncnc3nc(-c4ccc(N5CCN(CC6CCN(c7ccc(N8CCC(=O)NC8=O)c(C)c7)CC6)CC5)cc4)[nH]c23)ccc1[C@@H](C)NC(=O)c1noc(C(C)(C)C)n1. The Labute approximate surface area is 372 Å². The van der Waals surface area contributed by atoms with E-state index in [1.165, 1.54) is 11.4 Å². The van der Waals surface area contributed by atoms with Gasteiger partial charge in [0.1, 0.15) is 17.7 Å². The number of fused-ring (bicyclic) bond motifs is 1. The third kappa shape index (κ3) is 8.91. The minimum absolute atomic E-state index is 0.0164. The van der Waals surface area contributed by atoms with Crippen molar-refractivity contribution >= 4 is 46.1 Å². The van der Waals surface area contributed by atoms with E-state index in [0.29, 0.717) is 30.4 Å². The van der Waals surface area contributed by atoms with Crippen LogP contribution in [0.25, 0.3) is 33.8 Å². The summed E-state index contributed by atoms with van der Waals surface area (Å²) in [6.45, 7) is 19.5. The topological polar surface area (TPSA) is 182 Å². The van der Waals surface area contributed by atoms with Crippen LogP contribution in [-0.4, -0.2) is 105 Å². The molecule has 332 valence electrons. The molecule has 6 heterocycles. The van der Waals surface area contributed by atoms with Crippen LogP contribution in [0.4, 0.5) is 21.9 Å². The van der Waals surface area contributed by atoms with E-state index in [9.17, 15) is 14.4 Å². The van der Waals surface area contributed by atoms with E-state index in [4.69, 9.17) is 9.51 Å². The van der Waals surface area contributed by atoms with Crippen LogP contribution >= 0.6 is 0 Å². The molecule has 3 aliphatic rings. The summed E-state index contributed by atoms with van der Waals surface area (Å²) in [7, 11) is 0. The van der Waals surface area contributed by atoms with Crippen molar-refractivity contribution in [2.75, 3.05) is 67.1 Å². The first-order valence-corrected chi connectivity index (χ1v) is 22.3. The molecule has 3 fully saturated rings. The van der Waals surface area contributed by atoms with Crippen LogP contribution in [0, 0.1) is 19.8 Å². The zero-order valence-corrected chi connectivity index (χ0v) is 37.4. The summed E-state index contributed by atoms with van der Waals surface area (Å²) in [4.78, 5) is 68.0. The predicted molar refractivity (Wildman–Crippen MR) is 246 cm³/mol. The number of aromatic nitrogens is 6. The fourth-order valence-corrected chi connectivity index (χ4v) is 9.14. The number of anilines is 3. The van der Waals surface area contributed by atoms with E-state index in [0.717, 1.165) is 109 Å². The summed E-state index contributed by atoms with van der Waals surface area (Å²) >= 11 is 0. The van der Waals surface area contributed by atoms with Gasteiger partial charge in [-0.15, -0.1) is 0 Å². The highest BCUT2D eigenvalue weighted by Crippen LogP contribution is 2.33. The molecular weight excluding hydrogens is 809 g/mol. The molecule has 0 saturated carbocycles. The number of hydrogen-bond donors (Lipinski definition) is 3. The van der Waals surface area contributed by atoms with Crippen LogP contribution in [0.1, 0.15) is 86.2 Å². The van der Waals surface area contributed by atoms with Crippen LogP contribution in [0.3, 0.4) is 0 Å². The molecule has 3 aliphatic heterocycles. The van der Waals surface area contributed by atoms with Gasteiger partial charge < -0.3 is 24.6 Å². The zero-order valence-electron chi connectivity index (χ0n) is 37.4. The second-order valence-corrected chi connectivity index (χ2v) is 18.4. The average Bonchev–Trinajstić information content (AvgIpc) is 3.97. The molecule has 3 saturated heterocycles. The lowest BCUT2D eigenvalue weighted by Gasteiger charge is -2.40. The highest BCUT2D eigenvalue weighted by molar-refractivity contribution is 6.06. The lowest BCUT2D eigenvalue weighted by atomic mass is 9.95. The number of rotatable bonds is 10. The molecule has 3 aromatic carbocycles. The molecule has 0 bridgehead atoms. The van der Waals surface area contributed by atoms with Crippen molar-refractivity contribution in [1.82, 2.24) is 45.6 Å². The predicted octanol–water partition coefficient (Wildman–Crippen LogP) is 6.96. The number of hydrogen-bond acceptors (Lipinski definition) is 12. The number of aryl methyl sites for hydroxylation is 2. The molecule has 4 amide bonds. The van der Waals surface area contributed by atoms with Crippen molar-refractivity contribution in [1.29, 1.82) is 0 Å². The number of piperidine rings is 1. The van der Waals surface area contributed by atoms with Gasteiger partial charge in [-0.25, -0.2) is 19.7 Å². The number of amides is 4. The monoisotopic (exact) mass is 864 g/mol. The number of carbonyl (C=O) groups is 3. The minimum Gasteiger partial charge on any atom is -0.372 e. The molecular formula is C48H56N12O4. The van der Waals surface area contributed by atoms with Gasteiger partial charge in [0.2, 0.25) is 11.8 Å². The number of urea groups is 1. The largest absolute Gasteiger partial charge is 0.372 e. The van der Waals surface area contributed by atoms with Crippen LogP contribution in [0.5, 0.6) is 0 Å². The Morgan fingerprint density at radius 2 is 1.56 bits per heavy atom. The standard InChI is InChI=1S/C48H56N12O4/c1-29-25-34(9-13-37(29)31(3)51-45(62)44-55-46(64-56-44)48(4,5)6)40-41-43(50-28-49-40)54-42(53-41)33-7-10-35(11-8-33)59-23-21-57(22-24-59)27-32-15-18-58(19-16-32)36-12-14-38(30(2)26-36)60-20-17-39(61)52-47(60)63/h7-14,25-26,28,31-32H,15-24,27H2,1-6H3,(H,51,62)(H,52,61,63)(H,49,50,53,54)/t31-/m1/s1. The summed E-state index contributed by atoms with van der Waals surface area (Å²) in [5, 5.41) is 9.31. The number of piperazine rings is 1. The molecule has 6 aromatic rings. The van der Waals surface area contributed by atoms with Crippen LogP contribution < -0.4 is 25.3 Å².